The van der Waals surface area contributed by atoms with Crippen LogP contribution in [0, 0.1) is 11.3 Å². The van der Waals surface area contributed by atoms with Gasteiger partial charge in [0.05, 0.1) is 6.07 Å². The van der Waals surface area contributed by atoms with E-state index in [0.29, 0.717) is 4.88 Å². The molecule has 1 heterocycles. The van der Waals surface area contributed by atoms with Gasteiger partial charge in [-0.15, -0.1) is 11.3 Å². The second-order valence-corrected chi connectivity index (χ2v) is 2.90. The topological polar surface area (TPSA) is 61.1 Å². The van der Waals surface area contributed by atoms with E-state index in [0.717, 1.165) is 0 Å². The van der Waals surface area contributed by atoms with Gasteiger partial charge in [-0.2, -0.15) is 5.26 Å². The molecule has 1 rings (SSSR count). The van der Waals surface area contributed by atoms with Crippen molar-refractivity contribution < 1.29 is 9.90 Å². The number of hydrogen-bond donors (Lipinski definition) is 1. The normalized spacial score (nSPS) is 11.9. The van der Waals surface area contributed by atoms with E-state index in [9.17, 15) is 4.79 Å². The Morgan fingerprint density at radius 2 is 2.55 bits per heavy atom. The summed E-state index contributed by atoms with van der Waals surface area (Å²) in [6, 6.07) is 5.09. The molecule has 0 fully saturated rings. The summed E-state index contributed by atoms with van der Waals surface area (Å²) in [5.74, 6) is -2.09. The first-order valence-corrected chi connectivity index (χ1v) is 3.79. The van der Waals surface area contributed by atoms with Crippen molar-refractivity contribution in [2.24, 2.45) is 0 Å². The number of aliphatic carboxylic acids is 1. The van der Waals surface area contributed by atoms with Gasteiger partial charge in [0.15, 0.2) is 5.92 Å². The van der Waals surface area contributed by atoms with Crippen LogP contribution >= 0.6 is 11.3 Å². The maximum absolute atomic E-state index is 10.4. The molecular formula is C7H5NO2S. The minimum Gasteiger partial charge on any atom is -0.480 e. The minimum absolute atomic E-state index is 0.583. The molecule has 0 radical (unpaired) electrons. The van der Waals surface area contributed by atoms with E-state index in [1.165, 1.54) is 11.3 Å². The summed E-state index contributed by atoms with van der Waals surface area (Å²) in [5, 5.41) is 18.7. The molecule has 0 saturated carbocycles. The van der Waals surface area contributed by atoms with Crippen molar-refractivity contribution in [2.45, 2.75) is 5.92 Å². The Labute approximate surface area is 67.5 Å². The fraction of sp³-hybridized carbons (Fsp3) is 0.143. The molecule has 0 aliphatic heterocycles. The molecule has 0 saturated heterocycles. The highest BCUT2D eigenvalue weighted by molar-refractivity contribution is 7.10. The smallest absolute Gasteiger partial charge is 0.326 e. The number of carboxylic acids is 1. The largest absolute Gasteiger partial charge is 0.480 e. The van der Waals surface area contributed by atoms with E-state index in [1.807, 2.05) is 0 Å². The fourth-order valence-corrected chi connectivity index (χ4v) is 1.46. The van der Waals surface area contributed by atoms with Crippen molar-refractivity contribution in [1.29, 1.82) is 5.26 Å². The Morgan fingerprint density at radius 1 is 1.82 bits per heavy atom. The minimum atomic E-state index is -1.09. The van der Waals surface area contributed by atoms with Gasteiger partial charge >= 0.3 is 5.97 Å². The van der Waals surface area contributed by atoms with E-state index in [1.54, 1.807) is 23.6 Å². The van der Waals surface area contributed by atoms with Gasteiger partial charge in [0.25, 0.3) is 0 Å². The van der Waals surface area contributed by atoms with Crippen LogP contribution in [-0.4, -0.2) is 11.1 Å². The molecule has 4 heteroatoms. The predicted molar refractivity (Wildman–Crippen MR) is 40.3 cm³/mol. The SMILES string of the molecule is N#CC(C(=O)O)c1cccs1. The van der Waals surface area contributed by atoms with Crippen molar-refractivity contribution in [3.63, 3.8) is 0 Å². The van der Waals surface area contributed by atoms with Crippen molar-refractivity contribution >= 4 is 17.3 Å². The molecule has 1 aromatic heterocycles. The van der Waals surface area contributed by atoms with Gasteiger partial charge in [-0.1, -0.05) is 6.07 Å². The van der Waals surface area contributed by atoms with E-state index in [2.05, 4.69) is 0 Å². The summed E-state index contributed by atoms with van der Waals surface area (Å²) in [5.41, 5.74) is 0. The van der Waals surface area contributed by atoms with Crippen LogP contribution in [0.5, 0.6) is 0 Å². The van der Waals surface area contributed by atoms with Crippen LogP contribution in [0.1, 0.15) is 10.8 Å². The number of carbonyl (C=O) groups is 1. The average molecular weight is 167 g/mol. The van der Waals surface area contributed by atoms with Crippen LogP contribution in [0.4, 0.5) is 0 Å². The molecule has 1 N–H and O–H groups in total. The molecular weight excluding hydrogens is 162 g/mol. The summed E-state index contributed by atoms with van der Waals surface area (Å²) < 4.78 is 0. The first kappa shape index (κ1) is 7.76. The van der Waals surface area contributed by atoms with Gasteiger partial charge in [-0.05, 0) is 11.4 Å². The van der Waals surface area contributed by atoms with Crippen molar-refractivity contribution in [2.75, 3.05) is 0 Å². The molecule has 1 aromatic rings. The Balaban J connectivity index is 2.91. The van der Waals surface area contributed by atoms with Crippen molar-refractivity contribution in [1.82, 2.24) is 0 Å². The first-order chi connectivity index (χ1) is 5.25. The lowest BCUT2D eigenvalue weighted by atomic mass is 10.1. The maximum atomic E-state index is 10.4. The summed E-state index contributed by atoms with van der Waals surface area (Å²) >= 11 is 1.28. The van der Waals surface area contributed by atoms with Gasteiger partial charge in [-0.3, -0.25) is 4.79 Å². The second-order valence-electron chi connectivity index (χ2n) is 1.92. The lowest BCUT2D eigenvalue weighted by Gasteiger charge is -1.96. The number of hydrogen-bond acceptors (Lipinski definition) is 3. The predicted octanol–water partition coefficient (Wildman–Crippen LogP) is 1.44. The van der Waals surface area contributed by atoms with E-state index >= 15 is 0 Å². The summed E-state index contributed by atoms with van der Waals surface area (Å²) in [6.07, 6.45) is 0. The number of carboxylic acid groups (broad SMARTS) is 1. The summed E-state index contributed by atoms with van der Waals surface area (Å²) in [4.78, 5) is 11.0. The Hall–Kier alpha value is -1.34. The Kier molecular flexibility index (Phi) is 2.24. The second kappa shape index (κ2) is 3.17. The van der Waals surface area contributed by atoms with E-state index < -0.39 is 11.9 Å². The van der Waals surface area contributed by atoms with Crippen LogP contribution in [0.3, 0.4) is 0 Å². The molecule has 11 heavy (non-hydrogen) atoms. The van der Waals surface area contributed by atoms with Crippen LogP contribution in [0.2, 0.25) is 0 Å². The average Bonchev–Trinajstić information content (AvgIpc) is 2.40. The zero-order chi connectivity index (χ0) is 8.27. The van der Waals surface area contributed by atoms with Crippen LogP contribution in [0.25, 0.3) is 0 Å². The fourth-order valence-electron chi connectivity index (χ4n) is 0.696. The summed E-state index contributed by atoms with van der Waals surface area (Å²) in [7, 11) is 0. The van der Waals surface area contributed by atoms with Gasteiger partial charge in [0.2, 0.25) is 0 Å². The number of thiophene rings is 1. The number of nitriles is 1. The monoisotopic (exact) mass is 167 g/mol. The quantitative estimate of drug-likeness (QED) is 0.724. The molecule has 0 aliphatic carbocycles. The van der Waals surface area contributed by atoms with Crippen molar-refractivity contribution in [3.05, 3.63) is 22.4 Å². The highest BCUT2D eigenvalue weighted by atomic mass is 32.1. The van der Waals surface area contributed by atoms with Crippen LogP contribution < -0.4 is 0 Å². The molecule has 0 aromatic carbocycles. The number of rotatable bonds is 2. The van der Waals surface area contributed by atoms with Gasteiger partial charge in [0, 0.05) is 4.88 Å². The standard InChI is InChI=1S/C7H5NO2S/c8-4-5(7(9)10)6-2-1-3-11-6/h1-3,5H,(H,9,10). The van der Waals surface area contributed by atoms with Gasteiger partial charge in [-0.25, -0.2) is 0 Å². The molecule has 0 spiro atoms. The van der Waals surface area contributed by atoms with Crippen molar-refractivity contribution in [3.8, 4) is 6.07 Å². The number of nitrogens with zero attached hydrogens (tertiary/aromatic N) is 1. The Morgan fingerprint density at radius 3 is 2.91 bits per heavy atom. The Bertz CT molecular complexity index is 286. The zero-order valence-electron chi connectivity index (χ0n) is 5.52. The summed E-state index contributed by atoms with van der Waals surface area (Å²) in [6.45, 7) is 0. The molecule has 1 atom stereocenters. The molecule has 1 unspecified atom stereocenters. The first-order valence-electron chi connectivity index (χ1n) is 2.91. The molecule has 56 valence electrons. The third-order valence-corrected chi connectivity index (χ3v) is 2.14. The zero-order valence-corrected chi connectivity index (χ0v) is 6.34. The van der Waals surface area contributed by atoms with E-state index in [4.69, 9.17) is 10.4 Å². The molecule has 0 amide bonds. The highest BCUT2D eigenvalue weighted by Crippen LogP contribution is 2.20. The van der Waals surface area contributed by atoms with Gasteiger partial charge < -0.3 is 5.11 Å². The highest BCUT2D eigenvalue weighted by Gasteiger charge is 2.19. The lowest BCUT2D eigenvalue weighted by Crippen LogP contribution is -2.07. The third-order valence-electron chi connectivity index (χ3n) is 1.20. The van der Waals surface area contributed by atoms with E-state index in [-0.39, 0.29) is 0 Å². The molecule has 3 nitrogen and oxygen atoms in total. The third kappa shape index (κ3) is 1.57. The lowest BCUT2D eigenvalue weighted by molar-refractivity contribution is -0.137. The molecule has 0 aliphatic rings. The molecule has 0 bridgehead atoms. The van der Waals surface area contributed by atoms with Crippen LogP contribution in [-0.2, 0) is 4.79 Å². The maximum Gasteiger partial charge on any atom is 0.326 e. The van der Waals surface area contributed by atoms with Crippen LogP contribution in [0.15, 0.2) is 17.5 Å². The van der Waals surface area contributed by atoms with Gasteiger partial charge in [0.1, 0.15) is 0 Å².